The van der Waals surface area contributed by atoms with Crippen molar-refractivity contribution in [3.63, 3.8) is 0 Å². The van der Waals surface area contributed by atoms with Gasteiger partial charge in [0.2, 0.25) is 0 Å². The van der Waals surface area contributed by atoms with Crippen molar-refractivity contribution >= 4 is 11.8 Å². The van der Waals surface area contributed by atoms with E-state index in [0.717, 1.165) is 25.7 Å². The molecule has 1 heterocycles. The van der Waals surface area contributed by atoms with Gasteiger partial charge in [-0.2, -0.15) is 11.8 Å². The zero-order chi connectivity index (χ0) is 12.8. The molecular weight excluding hydrogens is 240 g/mol. The fourth-order valence-corrected chi connectivity index (χ4v) is 3.69. The fourth-order valence-electron chi connectivity index (χ4n) is 2.39. The third kappa shape index (κ3) is 4.01. The highest BCUT2D eigenvalue weighted by atomic mass is 32.2. The lowest BCUT2D eigenvalue weighted by Crippen LogP contribution is -2.30. The van der Waals surface area contributed by atoms with Crippen molar-refractivity contribution in [2.24, 2.45) is 0 Å². The second kappa shape index (κ2) is 7.17. The van der Waals surface area contributed by atoms with Crippen molar-refractivity contribution in [3.8, 4) is 0 Å². The van der Waals surface area contributed by atoms with Crippen LogP contribution in [0.3, 0.4) is 0 Å². The molecule has 0 radical (unpaired) electrons. The zero-order valence-corrected chi connectivity index (χ0v) is 12.3. The van der Waals surface area contributed by atoms with E-state index in [4.69, 9.17) is 0 Å². The Morgan fingerprint density at radius 2 is 2.22 bits per heavy atom. The second-order valence-electron chi connectivity index (χ2n) is 5.03. The monoisotopic (exact) mass is 264 g/mol. The maximum Gasteiger partial charge on any atom is 0.0234 e. The molecule has 2 rings (SSSR count). The second-order valence-corrected chi connectivity index (χ2v) is 6.18. The summed E-state index contributed by atoms with van der Waals surface area (Å²) in [5, 5.41) is 3.38. The van der Waals surface area contributed by atoms with Gasteiger partial charge in [-0.15, -0.1) is 0 Å². The molecule has 0 aliphatic carbocycles. The van der Waals surface area contributed by atoms with E-state index in [1.807, 2.05) is 0 Å². The first-order chi connectivity index (χ1) is 8.79. The smallest absolute Gasteiger partial charge is 0.0234 e. The van der Waals surface area contributed by atoms with Crippen LogP contribution in [-0.2, 0) is 13.1 Å². The maximum absolute atomic E-state index is 3.38. The van der Waals surface area contributed by atoms with Gasteiger partial charge in [0.25, 0.3) is 0 Å². The third-order valence-electron chi connectivity index (χ3n) is 3.53. The summed E-state index contributed by atoms with van der Waals surface area (Å²) in [6, 6.07) is 9.74. The van der Waals surface area contributed by atoms with Crippen molar-refractivity contribution in [1.29, 1.82) is 0 Å². The van der Waals surface area contributed by atoms with Crippen LogP contribution in [0.1, 0.15) is 24.5 Å². The van der Waals surface area contributed by atoms with Gasteiger partial charge in [0, 0.05) is 24.9 Å². The fraction of sp³-hybridized carbons (Fsp3) is 0.600. The Morgan fingerprint density at radius 3 is 2.94 bits per heavy atom. The first-order valence-corrected chi connectivity index (χ1v) is 8.01. The largest absolute Gasteiger partial charge is 0.313 e. The minimum Gasteiger partial charge on any atom is -0.313 e. The summed E-state index contributed by atoms with van der Waals surface area (Å²) in [5.74, 6) is 2.63. The van der Waals surface area contributed by atoms with Gasteiger partial charge in [-0.25, -0.2) is 0 Å². The van der Waals surface area contributed by atoms with Crippen molar-refractivity contribution < 1.29 is 0 Å². The highest BCUT2D eigenvalue weighted by molar-refractivity contribution is 7.99. The molecule has 18 heavy (non-hydrogen) atoms. The highest BCUT2D eigenvalue weighted by Crippen LogP contribution is 2.22. The van der Waals surface area contributed by atoms with Gasteiger partial charge in [-0.3, -0.25) is 4.90 Å². The summed E-state index contributed by atoms with van der Waals surface area (Å²) >= 11 is 2.08. The van der Waals surface area contributed by atoms with Gasteiger partial charge in [0.15, 0.2) is 0 Å². The molecule has 1 saturated heterocycles. The first kappa shape index (κ1) is 13.9. The van der Waals surface area contributed by atoms with Gasteiger partial charge >= 0.3 is 0 Å². The predicted molar refractivity (Wildman–Crippen MR) is 81.0 cm³/mol. The summed E-state index contributed by atoms with van der Waals surface area (Å²) in [6.07, 6.45) is 1.35. The summed E-state index contributed by atoms with van der Waals surface area (Å²) in [6.45, 7) is 5.23. The summed E-state index contributed by atoms with van der Waals surface area (Å²) < 4.78 is 0. The number of hydrogen-bond acceptors (Lipinski definition) is 3. The van der Waals surface area contributed by atoms with E-state index < -0.39 is 0 Å². The SMILES string of the molecule is CCNCc1cccc(CN(C)C2CCSC2)c1. The third-order valence-corrected chi connectivity index (χ3v) is 4.68. The maximum atomic E-state index is 3.38. The Hall–Kier alpha value is -0.510. The van der Waals surface area contributed by atoms with E-state index in [1.54, 1.807) is 0 Å². The van der Waals surface area contributed by atoms with Gasteiger partial charge in [-0.05, 0) is 36.9 Å². The number of benzene rings is 1. The predicted octanol–water partition coefficient (Wildman–Crippen LogP) is 2.73. The minimum absolute atomic E-state index is 0.771. The molecule has 1 aliphatic rings. The van der Waals surface area contributed by atoms with Crippen molar-refractivity contribution in [3.05, 3.63) is 35.4 Å². The molecule has 1 fully saturated rings. The zero-order valence-electron chi connectivity index (χ0n) is 11.5. The Balaban J connectivity index is 1.91. The summed E-state index contributed by atoms with van der Waals surface area (Å²) in [5.41, 5.74) is 2.83. The summed E-state index contributed by atoms with van der Waals surface area (Å²) in [4.78, 5) is 2.51. The Kier molecular flexibility index (Phi) is 5.54. The van der Waals surface area contributed by atoms with Gasteiger partial charge in [0.05, 0.1) is 0 Å². The number of rotatable bonds is 6. The lowest BCUT2D eigenvalue weighted by molar-refractivity contribution is 0.254. The first-order valence-electron chi connectivity index (χ1n) is 6.86. The lowest BCUT2D eigenvalue weighted by Gasteiger charge is -2.23. The van der Waals surface area contributed by atoms with Crippen LogP contribution in [0.15, 0.2) is 24.3 Å². The van der Waals surface area contributed by atoms with Crippen LogP contribution < -0.4 is 5.32 Å². The van der Waals surface area contributed by atoms with E-state index in [0.29, 0.717) is 0 Å². The molecule has 100 valence electrons. The Bertz CT molecular complexity index is 361. The normalized spacial score (nSPS) is 19.6. The van der Waals surface area contributed by atoms with E-state index >= 15 is 0 Å². The molecule has 0 spiro atoms. The van der Waals surface area contributed by atoms with Crippen LogP contribution >= 0.6 is 11.8 Å². The quantitative estimate of drug-likeness (QED) is 0.850. The number of hydrogen-bond donors (Lipinski definition) is 1. The van der Waals surface area contributed by atoms with Crippen molar-refractivity contribution in [1.82, 2.24) is 10.2 Å². The highest BCUT2D eigenvalue weighted by Gasteiger charge is 2.19. The average molecular weight is 264 g/mol. The molecule has 1 aromatic rings. The molecule has 1 aliphatic heterocycles. The standard InChI is InChI=1S/C15H24N2S/c1-3-16-10-13-5-4-6-14(9-13)11-17(2)15-7-8-18-12-15/h4-6,9,15-16H,3,7-8,10-12H2,1-2H3. The van der Waals surface area contributed by atoms with Crippen LogP contribution in [0.2, 0.25) is 0 Å². The molecule has 0 saturated carbocycles. The molecule has 1 aromatic carbocycles. The van der Waals surface area contributed by atoms with E-state index in [1.165, 1.54) is 29.1 Å². The van der Waals surface area contributed by atoms with Crippen molar-refractivity contribution in [2.75, 3.05) is 25.1 Å². The van der Waals surface area contributed by atoms with Crippen LogP contribution in [0.4, 0.5) is 0 Å². The topological polar surface area (TPSA) is 15.3 Å². The van der Waals surface area contributed by atoms with Crippen LogP contribution in [0.25, 0.3) is 0 Å². The van der Waals surface area contributed by atoms with Gasteiger partial charge in [0.1, 0.15) is 0 Å². The van der Waals surface area contributed by atoms with E-state index in [-0.39, 0.29) is 0 Å². The van der Waals surface area contributed by atoms with E-state index in [9.17, 15) is 0 Å². The van der Waals surface area contributed by atoms with Gasteiger partial charge < -0.3 is 5.32 Å². The average Bonchev–Trinajstić information content (AvgIpc) is 2.91. The number of thioether (sulfide) groups is 1. The van der Waals surface area contributed by atoms with Crippen molar-refractivity contribution in [2.45, 2.75) is 32.5 Å². The number of nitrogens with zero attached hydrogens (tertiary/aromatic N) is 1. The molecule has 0 amide bonds. The minimum atomic E-state index is 0.771. The van der Waals surface area contributed by atoms with Crippen LogP contribution in [0, 0.1) is 0 Å². The molecule has 0 aromatic heterocycles. The van der Waals surface area contributed by atoms with Gasteiger partial charge in [-0.1, -0.05) is 31.2 Å². The van der Waals surface area contributed by atoms with E-state index in [2.05, 4.69) is 60.2 Å². The summed E-state index contributed by atoms with van der Waals surface area (Å²) in [7, 11) is 2.26. The molecule has 1 unspecified atom stereocenters. The molecule has 1 N–H and O–H groups in total. The lowest BCUT2D eigenvalue weighted by atomic mass is 10.1. The molecule has 3 heteroatoms. The molecular formula is C15H24N2S. The molecule has 0 bridgehead atoms. The number of nitrogens with one attached hydrogen (secondary N) is 1. The Labute approximate surface area is 115 Å². The van der Waals surface area contributed by atoms with Crippen LogP contribution in [0.5, 0.6) is 0 Å². The van der Waals surface area contributed by atoms with Crippen LogP contribution in [-0.4, -0.2) is 36.0 Å². The molecule has 1 atom stereocenters. The Morgan fingerprint density at radius 1 is 1.39 bits per heavy atom. The molecule has 2 nitrogen and oxygen atoms in total.